The number of halogens is 1. The maximum absolute atomic E-state index is 12.1. The highest BCUT2D eigenvalue weighted by Gasteiger charge is 2.12. The lowest BCUT2D eigenvalue weighted by atomic mass is 9.98. The molecule has 0 unspecified atom stereocenters. The minimum atomic E-state index is -0.409. The zero-order chi connectivity index (χ0) is 19.9. The third-order valence-electron chi connectivity index (χ3n) is 4.18. The summed E-state index contributed by atoms with van der Waals surface area (Å²) >= 11 is 7.18. The summed E-state index contributed by atoms with van der Waals surface area (Å²) in [6.45, 7) is 4.62. The van der Waals surface area contributed by atoms with Crippen molar-refractivity contribution in [2.24, 2.45) is 0 Å². The second-order valence-electron chi connectivity index (χ2n) is 6.23. The Kier molecular flexibility index (Phi) is 6.84. The molecule has 1 aromatic heterocycles. The minimum absolute atomic E-state index is 0.294. The maximum Gasteiger partial charge on any atom is 0.325 e. The van der Waals surface area contributed by atoms with Gasteiger partial charge in [-0.25, -0.2) is 4.79 Å². The van der Waals surface area contributed by atoms with Crippen LogP contribution in [-0.2, 0) is 6.61 Å². The molecule has 28 heavy (non-hydrogen) atoms. The number of nitrogens with one attached hydrogen (secondary N) is 2. The van der Waals surface area contributed by atoms with E-state index >= 15 is 0 Å². The molecule has 3 aromatic rings. The molecule has 0 aliphatic rings. The van der Waals surface area contributed by atoms with Gasteiger partial charge in [-0.15, -0.1) is 10.2 Å². The van der Waals surface area contributed by atoms with Crippen LogP contribution >= 0.6 is 22.9 Å². The molecule has 0 aliphatic carbocycles. The lowest BCUT2D eigenvalue weighted by molar-refractivity contribution is 0.262. The quantitative estimate of drug-likeness (QED) is 0.500. The molecule has 1 atom stereocenters. The number of ether oxygens (including phenoxy) is 1. The standard InChI is InChI=1S/C20H21ClN4O2S/c1-3-13(2)16-9-4-5-10-17(16)27-12-18-24-25-20(28-18)23-19(26)22-15-8-6-7-14(21)11-15/h4-11,13H,3,12H2,1-2H3,(H2,22,23,25,26)/t13-/m1/s1. The van der Waals surface area contributed by atoms with Crippen molar-refractivity contribution in [2.75, 3.05) is 10.6 Å². The van der Waals surface area contributed by atoms with E-state index in [2.05, 4.69) is 40.7 Å². The fourth-order valence-electron chi connectivity index (χ4n) is 2.57. The largest absolute Gasteiger partial charge is 0.486 e. The number of aromatic nitrogens is 2. The zero-order valence-corrected chi connectivity index (χ0v) is 17.2. The number of para-hydroxylation sites is 1. The SMILES string of the molecule is CC[C@@H](C)c1ccccc1OCc1nnc(NC(=O)Nc2cccc(Cl)c2)s1. The molecule has 0 spiro atoms. The fourth-order valence-corrected chi connectivity index (χ4v) is 3.40. The van der Waals surface area contributed by atoms with Gasteiger partial charge in [-0.3, -0.25) is 5.32 Å². The van der Waals surface area contributed by atoms with E-state index in [9.17, 15) is 4.79 Å². The van der Waals surface area contributed by atoms with Crippen molar-refractivity contribution in [1.82, 2.24) is 10.2 Å². The van der Waals surface area contributed by atoms with Crippen molar-refractivity contribution in [2.45, 2.75) is 32.8 Å². The molecule has 2 amide bonds. The lowest BCUT2D eigenvalue weighted by Crippen LogP contribution is -2.19. The van der Waals surface area contributed by atoms with Gasteiger partial charge in [0.2, 0.25) is 5.13 Å². The molecule has 2 aromatic carbocycles. The van der Waals surface area contributed by atoms with E-state index in [-0.39, 0.29) is 0 Å². The van der Waals surface area contributed by atoms with Crippen molar-refractivity contribution in [3.05, 3.63) is 64.1 Å². The number of anilines is 2. The van der Waals surface area contributed by atoms with E-state index in [1.54, 1.807) is 24.3 Å². The molecule has 0 bridgehead atoms. The summed E-state index contributed by atoms with van der Waals surface area (Å²) < 4.78 is 5.94. The highest BCUT2D eigenvalue weighted by molar-refractivity contribution is 7.15. The first-order valence-corrected chi connectivity index (χ1v) is 10.1. The van der Waals surface area contributed by atoms with Crippen molar-refractivity contribution in [3.63, 3.8) is 0 Å². The number of rotatable bonds is 7. The topological polar surface area (TPSA) is 76.1 Å². The molecule has 3 rings (SSSR count). The molecule has 0 radical (unpaired) electrons. The monoisotopic (exact) mass is 416 g/mol. The first kappa shape index (κ1) is 20.1. The van der Waals surface area contributed by atoms with Gasteiger partial charge < -0.3 is 10.1 Å². The third-order valence-corrected chi connectivity index (χ3v) is 5.23. The average Bonchev–Trinajstić information content (AvgIpc) is 3.13. The van der Waals surface area contributed by atoms with Crippen LogP contribution in [0, 0.1) is 0 Å². The highest BCUT2D eigenvalue weighted by Crippen LogP contribution is 2.29. The third kappa shape index (κ3) is 5.43. The van der Waals surface area contributed by atoms with Crippen LogP contribution in [0.5, 0.6) is 5.75 Å². The summed E-state index contributed by atoms with van der Waals surface area (Å²) in [5.74, 6) is 1.26. The number of amides is 2. The lowest BCUT2D eigenvalue weighted by Gasteiger charge is -2.14. The van der Waals surface area contributed by atoms with Crippen molar-refractivity contribution < 1.29 is 9.53 Å². The summed E-state index contributed by atoms with van der Waals surface area (Å²) in [5, 5.41) is 15.1. The van der Waals surface area contributed by atoms with Crippen molar-refractivity contribution in [3.8, 4) is 5.75 Å². The van der Waals surface area contributed by atoms with Gasteiger partial charge in [0.05, 0.1) is 0 Å². The van der Waals surface area contributed by atoms with E-state index < -0.39 is 6.03 Å². The van der Waals surface area contributed by atoms with Gasteiger partial charge >= 0.3 is 6.03 Å². The number of urea groups is 1. The summed E-state index contributed by atoms with van der Waals surface area (Å²) in [5.41, 5.74) is 1.77. The van der Waals surface area contributed by atoms with Crippen LogP contribution in [0.15, 0.2) is 48.5 Å². The van der Waals surface area contributed by atoms with Crippen LogP contribution in [0.2, 0.25) is 5.02 Å². The Hall–Kier alpha value is -2.64. The maximum atomic E-state index is 12.1. The number of hydrogen-bond acceptors (Lipinski definition) is 5. The first-order valence-electron chi connectivity index (χ1n) is 8.93. The van der Waals surface area contributed by atoms with E-state index in [0.717, 1.165) is 12.2 Å². The molecular weight excluding hydrogens is 396 g/mol. The number of carbonyl (C=O) groups is 1. The highest BCUT2D eigenvalue weighted by atomic mass is 35.5. The second kappa shape index (κ2) is 9.52. The molecule has 0 saturated heterocycles. The average molecular weight is 417 g/mol. The number of carbonyl (C=O) groups excluding carboxylic acids is 1. The van der Waals surface area contributed by atoms with Gasteiger partial charge in [-0.2, -0.15) is 0 Å². The number of hydrogen-bond donors (Lipinski definition) is 2. The number of nitrogens with zero attached hydrogens (tertiary/aromatic N) is 2. The van der Waals surface area contributed by atoms with Crippen LogP contribution < -0.4 is 15.4 Å². The van der Waals surface area contributed by atoms with Crippen LogP contribution in [0.25, 0.3) is 0 Å². The predicted octanol–water partition coefficient (Wildman–Crippen LogP) is 5.93. The second-order valence-corrected chi connectivity index (χ2v) is 7.72. The Labute approximate surface area is 172 Å². The van der Waals surface area contributed by atoms with E-state index in [0.29, 0.717) is 33.4 Å². The molecular formula is C20H21ClN4O2S. The Morgan fingerprint density at radius 3 is 2.79 bits per heavy atom. The normalized spacial score (nSPS) is 11.7. The summed E-state index contributed by atoms with van der Waals surface area (Å²) in [4.78, 5) is 12.1. The van der Waals surface area contributed by atoms with Crippen molar-refractivity contribution >= 4 is 39.8 Å². The summed E-state index contributed by atoms with van der Waals surface area (Å²) in [7, 11) is 0. The Balaban J connectivity index is 1.57. The molecule has 6 nitrogen and oxygen atoms in total. The molecule has 1 heterocycles. The molecule has 2 N–H and O–H groups in total. The van der Waals surface area contributed by atoms with Gasteiger partial charge in [0, 0.05) is 10.7 Å². The smallest absolute Gasteiger partial charge is 0.325 e. The minimum Gasteiger partial charge on any atom is -0.486 e. The van der Waals surface area contributed by atoms with Crippen LogP contribution in [-0.4, -0.2) is 16.2 Å². The van der Waals surface area contributed by atoms with Gasteiger partial charge in [-0.1, -0.05) is 61.1 Å². The fraction of sp³-hybridized carbons (Fsp3) is 0.250. The molecule has 0 saturated carbocycles. The Morgan fingerprint density at radius 1 is 1.18 bits per heavy atom. The van der Waals surface area contributed by atoms with E-state index in [1.807, 2.05) is 18.2 Å². The van der Waals surface area contributed by atoms with Gasteiger partial charge in [-0.05, 0) is 42.2 Å². The molecule has 0 fully saturated rings. The van der Waals surface area contributed by atoms with Crippen LogP contribution in [0.1, 0.15) is 36.8 Å². The van der Waals surface area contributed by atoms with Crippen molar-refractivity contribution in [1.29, 1.82) is 0 Å². The van der Waals surface area contributed by atoms with Gasteiger partial charge in [0.1, 0.15) is 12.4 Å². The molecule has 8 heteroatoms. The summed E-state index contributed by atoms with van der Waals surface area (Å²) in [6.07, 6.45) is 1.04. The Bertz CT molecular complexity index is 947. The zero-order valence-electron chi connectivity index (χ0n) is 15.6. The van der Waals surface area contributed by atoms with Crippen LogP contribution in [0.4, 0.5) is 15.6 Å². The predicted molar refractivity (Wildman–Crippen MR) is 113 cm³/mol. The number of benzene rings is 2. The molecule has 0 aliphatic heterocycles. The Morgan fingerprint density at radius 2 is 2.00 bits per heavy atom. The summed E-state index contributed by atoms with van der Waals surface area (Å²) in [6, 6.07) is 14.5. The van der Waals surface area contributed by atoms with E-state index in [4.69, 9.17) is 16.3 Å². The van der Waals surface area contributed by atoms with Crippen LogP contribution in [0.3, 0.4) is 0 Å². The van der Waals surface area contributed by atoms with E-state index in [1.165, 1.54) is 16.9 Å². The first-order chi connectivity index (χ1) is 13.5. The molecule has 146 valence electrons. The van der Waals surface area contributed by atoms with Gasteiger partial charge in [0.15, 0.2) is 5.01 Å². The van der Waals surface area contributed by atoms with Gasteiger partial charge in [0.25, 0.3) is 0 Å².